The van der Waals surface area contributed by atoms with Gasteiger partial charge in [0.05, 0.1) is 16.8 Å². The number of para-hydroxylation sites is 3. The molecule has 10 aromatic rings. The number of nitrogens with zero attached hydrogens (tertiary/aromatic N) is 2. The fourth-order valence-corrected chi connectivity index (χ4v) is 11.8. The van der Waals surface area contributed by atoms with Gasteiger partial charge in [-0.3, -0.25) is 0 Å². The Bertz CT molecular complexity index is 3440. The maximum Gasteiger partial charge on any atom is 0.0784 e. The molecule has 0 amide bonds. The highest BCUT2D eigenvalue weighted by atomic mass is 15.2. The third kappa shape index (κ3) is 4.97. The van der Waals surface area contributed by atoms with Crippen LogP contribution in [0.25, 0.3) is 44.2 Å². The molecule has 1 atom stereocenters. The molecule has 0 heterocycles. The molecule has 1 unspecified atom stereocenters. The topological polar surface area (TPSA) is 6.48 Å². The number of hydrogen-bond acceptors (Lipinski definition) is 2. The first-order chi connectivity index (χ1) is 31.5. The number of anilines is 6. The maximum absolute atomic E-state index is 2.51. The summed E-state index contributed by atoms with van der Waals surface area (Å²) in [4.78, 5) is 5.01. The molecule has 3 aliphatic carbocycles. The molecule has 302 valence electrons. The lowest BCUT2D eigenvalue weighted by Crippen LogP contribution is -2.26. The molecule has 10 aromatic carbocycles. The van der Waals surface area contributed by atoms with E-state index in [1.807, 2.05) is 0 Å². The van der Waals surface area contributed by atoms with Crippen molar-refractivity contribution in [1.29, 1.82) is 0 Å². The van der Waals surface area contributed by atoms with Crippen LogP contribution in [0.1, 0.15) is 47.2 Å². The predicted octanol–water partition coefficient (Wildman–Crippen LogP) is 16.4. The van der Waals surface area contributed by atoms with Crippen molar-refractivity contribution in [2.45, 2.75) is 24.7 Å². The highest BCUT2D eigenvalue weighted by Crippen LogP contribution is 2.67. The second-order valence-corrected chi connectivity index (χ2v) is 18.0. The summed E-state index contributed by atoms with van der Waals surface area (Å²) in [6.45, 7) is 4.75. The van der Waals surface area contributed by atoms with Gasteiger partial charge in [0.2, 0.25) is 0 Å². The van der Waals surface area contributed by atoms with Gasteiger partial charge >= 0.3 is 0 Å². The minimum Gasteiger partial charge on any atom is -0.308 e. The molecule has 0 aliphatic heterocycles. The van der Waals surface area contributed by atoms with E-state index in [1.165, 1.54) is 77.5 Å². The average molecular weight is 817 g/mol. The Morgan fingerprint density at radius 1 is 0.312 bits per heavy atom. The zero-order valence-electron chi connectivity index (χ0n) is 35.8. The van der Waals surface area contributed by atoms with E-state index in [4.69, 9.17) is 0 Å². The first kappa shape index (κ1) is 36.7. The van der Waals surface area contributed by atoms with Crippen LogP contribution in [-0.2, 0) is 10.8 Å². The lowest BCUT2D eigenvalue weighted by atomic mass is 9.70. The molecule has 0 saturated carbocycles. The summed E-state index contributed by atoms with van der Waals surface area (Å²) in [6.07, 6.45) is 0. The van der Waals surface area contributed by atoms with Gasteiger partial charge in [0, 0.05) is 33.7 Å². The Kier molecular flexibility index (Phi) is 7.90. The number of rotatable bonds is 6. The molecule has 0 N–H and O–H groups in total. The molecule has 0 aromatic heterocycles. The van der Waals surface area contributed by atoms with Crippen LogP contribution in [-0.4, -0.2) is 0 Å². The maximum atomic E-state index is 2.51. The summed E-state index contributed by atoms with van der Waals surface area (Å²) in [5.41, 5.74) is 21.7. The first-order valence-corrected chi connectivity index (χ1v) is 22.4. The van der Waals surface area contributed by atoms with E-state index in [-0.39, 0.29) is 5.41 Å². The summed E-state index contributed by atoms with van der Waals surface area (Å²) in [6, 6.07) is 85.8. The van der Waals surface area contributed by atoms with E-state index >= 15 is 0 Å². The van der Waals surface area contributed by atoms with Gasteiger partial charge in [-0.05, 0) is 127 Å². The molecule has 3 aliphatic rings. The van der Waals surface area contributed by atoms with Crippen LogP contribution in [0.2, 0.25) is 0 Å². The summed E-state index contributed by atoms with van der Waals surface area (Å²) in [5, 5.41) is 2.55. The molecule has 0 fully saturated rings. The predicted molar refractivity (Wildman–Crippen MR) is 267 cm³/mol. The summed E-state index contributed by atoms with van der Waals surface area (Å²) in [7, 11) is 0. The smallest absolute Gasteiger partial charge is 0.0784 e. The van der Waals surface area contributed by atoms with Crippen molar-refractivity contribution in [3.63, 3.8) is 0 Å². The number of hydrogen-bond donors (Lipinski definition) is 0. The minimum atomic E-state index is -0.546. The van der Waals surface area contributed by atoms with Crippen molar-refractivity contribution < 1.29 is 0 Å². The molecule has 64 heavy (non-hydrogen) atoms. The van der Waals surface area contributed by atoms with Crippen LogP contribution in [0.4, 0.5) is 34.1 Å². The van der Waals surface area contributed by atoms with Crippen molar-refractivity contribution in [3.05, 3.63) is 264 Å². The van der Waals surface area contributed by atoms with Gasteiger partial charge in [0.25, 0.3) is 0 Å². The minimum absolute atomic E-state index is 0.163. The van der Waals surface area contributed by atoms with Crippen LogP contribution in [0.3, 0.4) is 0 Å². The van der Waals surface area contributed by atoms with Gasteiger partial charge in [-0.1, -0.05) is 190 Å². The van der Waals surface area contributed by atoms with Gasteiger partial charge in [-0.2, -0.15) is 0 Å². The van der Waals surface area contributed by atoms with Crippen molar-refractivity contribution >= 4 is 44.9 Å². The van der Waals surface area contributed by atoms with E-state index in [1.54, 1.807) is 0 Å². The number of benzene rings is 10. The van der Waals surface area contributed by atoms with Gasteiger partial charge in [0.15, 0.2) is 0 Å². The van der Waals surface area contributed by atoms with Gasteiger partial charge in [-0.15, -0.1) is 0 Å². The molecule has 0 radical (unpaired) electrons. The summed E-state index contributed by atoms with van der Waals surface area (Å²) in [5.74, 6) is 0. The Morgan fingerprint density at radius 3 is 1.45 bits per heavy atom. The fourth-order valence-electron chi connectivity index (χ4n) is 11.8. The van der Waals surface area contributed by atoms with Crippen LogP contribution < -0.4 is 9.80 Å². The Balaban J connectivity index is 1.17. The highest BCUT2D eigenvalue weighted by molar-refractivity contribution is 6.10. The quantitative estimate of drug-likeness (QED) is 0.165. The first-order valence-electron chi connectivity index (χ1n) is 22.4. The highest BCUT2D eigenvalue weighted by Gasteiger charge is 2.53. The average Bonchev–Trinajstić information content (AvgIpc) is 3.92. The third-order valence-electron chi connectivity index (χ3n) is 14.4. The Morgan fingerprint density at radius 2 is 0.797 bits per heavy atom. The Labute approximate surface area is 375 Å². The molecule has 13 rings (SSSR count). The van der Waals surface area contributed by atoms with Crippen LogP contribution in [0.5, 0.6) is 0 Å². The zero-order chi connectivity index (χ0) is 42.6. The van der Waals surface area contributed by atoms with Crippen molar-refractivity contribution in [2.75, 3.05) is 9.80 Å². The monoisotopic (exact) mass is 816 g/mol. The van der Waals surface area contributed by atoms with E-state index < -0.39 is 5.41 Å². The van der Waals surface area contributed by atoms with Crippen LogP contribution in [0.15, 0.2) is 231 Å². The summed E-state index contributed by atoms with van der Waals surface area (Å²) < 4.78 is 0. The standard InChI is InChI=1S/C62H44N2/c1-61(2)51-31-17-14-28-47(51)48-36-35-45(40-56(48)61)63(42-21-6-3-7-22-42)57-39-38-55-59(60(57)64(43-23-8-4-9-24-43)44-25-10-5-11-26-44)50-30-16-19-33-53(50)62(55)52-32-18-15-29-49(52)58-46-27-13-12-20-41(46)34-37-54(58)62/h3-40H,1-2H3. The van der Waals surface area contributed by atoms with Crippen LogP contribution in [0, 0.1) is 0 Å². The molecule has 0 bridgehead atoms. The molecule has 2 heteroatoms. The Hall–Kier alpha value is -7.94. The zero-order valence-corrected chi connectivity index (χ0v) is 35.8. The van der Waals surface area contributed by atoms with E-state index in [2.05, 4.69) is 254 Å². The lowest BCUT2D eigenvalue weighted by Gasteiger charge is -2.36. The normalized spacial score (nSPS) is 15.5. The van der Waals surface area contributed by atoms with E-state index in [9.17, 15) is 0 Å². The summed E-state index contributed by atoms with van der Waals surface area (Å²) >= 11 is 0. The second-order valence-electron chi connectivity index (χ2n) is 18.0. The fraction of sp³-hybridized carbons (Fsp3) is 0.0645. The van der Waals surface area contributed by atoms with Crippen molar-refractivity contribution in [1.82, 2.24) is 0 Å². The SMILES string of the molecule is CC1(C)c2ccccc2-c2ccc(N(c3ccccc3)c3ccc4c(c3N(c3ccccc3)c3ccccc3)-c3ccccc3C43c4ccccc4-c4c3ccc3ccccc43)cc21. The van der Waals surface area contributed by atoms with Crippen LogP contribution >= 0.6 is 0 Å². The van der Waals surface area contributed by atoms with Gasteiger partial charge in [0.1, 0.15) is 0 Å². The van der Waals surface area contributed by atoms with E-state index in [0.29, 0.717) is 0 Å². The second kappa shape index (κ2) is 13.8. The molecular formula is C62H44N2. The molecular weight excluding hydrogens is 773 g/mol. The molecule has 1 spiro atoms. The largest absolute Gasteiger partial charge is 0.308 e. The third-order valence-corrected chi connectivity index (χ3v) is 14.4. The molecule has 2 nitrogen and oxygen atoms in total. The van der Waals surface area contributed by atoms with Gasteiger partial charge < -0.3 is 9.80 Å². The van der Waals surface area contributed by atoms with E-state index in [0.717, 1.165) is 34.1 Å². The van der Waals surface area contributed by atoms with Crippen molar-refractivity contribution in [3.8, 4) is 33.4 Å². The molecule has 0 saturated heterocycles. The van der Waals surface area contributed by atoms with Crippen molar-refractivity contribution in [2.24, 2.45) is 0 Å². The lowest BCUT2D eigenvalue weighted by molar-refractivity contribution is 0.660. The number of fused-ring (bicyclic) bond motifs is 15. The van der Waals surface area contributed by atoms with Gasteiger partial charge in [-0.25, -0.2) is 0 Å².